The Bertz CT molecular complexity index is 1150. The highest BCUT2D eigenvalue weighted by Crippen LogP contribution is 2.41. The Morgan fingerprint density at radius 3 is 2.52 bits per heavy atom. The number of aromatic nitrogens is 1. The van der Waals surface area contributed by atoms with Crippen LogP contribution in [0.25, 0.3) is 11.0 Å². The predicted octanol–water partition coefficient (Wildman–Crippen LogP) is 5.84. The molecule has 0 bridgehead atoms. The number of nitrogens with zero attached hydrogens (tertiary/aromatic N) is 1. The first-order chi connectivity index (χ1) is 14.5. The van der Waals surface area contributed by atoms with Gasteiger partial charge in [-0.15, -0.1) is 0 Å². The monoisotopic (exact) mass is 461 g/mol. The smallest absolute Gasteiger partial charge is 0.255 e. The average Bonchev–Trinajstić information content (AvgIpc) is 3.25. The van der Waals surface area contributed by atoms with E-state index < -0.39 is 6.29 Å². The molecular weight excluding hydrogens is 437 g/mol. The first kappa shape index (κ1) is 21.6. The van der Waals surface area contributed by atoms with Gasteiger partial charge in [-0.3, -0.25) is 9.78 Å². The lowest BCUT2D eigenvalue weighted by molar-refractivity contribution is 0.0911. The Hall–Kier alpha value is -2.64. The fraction of sp³-hybridized carbons (Fsp3) is 0.364. The van der Waals surface area contributed by atoms with Crippen molar-refractivity contribution in [1.82, 2.24) is 10.3 Å². The second kappa shape index (κ2) is 7.80. The van der Waals surface area contributed by atoms with Crippen LogP contribution in [0.2, 0.25) is 10.0 Å². The van der Waals surface area contributed by atoms with Gasteiger partial charge in [-0.1, -0.05) is 44.0 Å². The number of aryl methyl sites for hydroxylation is 1. The molecule has 1 amide bonds. The maximum Gasteiger partial charge on any atom is 0.255 e. The van der Waals surface area contributed by atoms with Crippen molar-refractivity contribution in [2.75, 3.05) is 16.0 Å². The molecule has 0 saturated heterocycles. The van der Waals surface area contributed by atoms with Crippen molar-refractivity contribution in [2.24, 2.45) is 5.41 Å². The molecule has 0 saturated carbocycles. The molecular formula is C22H25Cl2N5O2. The largest absolute Gasteiger partial charge is 0.460 e. The Morgan fingerprint density at radius 2 is 1.87 bits per heavy atom. The summed E-state index contributed by atoms with van der Waals surface area (Å²) in [4.78, 5) is 17.1. The number of pyridine rings is 1. The molecule has 4 N–H and O–H groups in total. The summed E-state index contributed by atoms with van der Waals surface area (Å²) in [7, 11) is 0. The minimum absolute atomic E-state index is 0.0177. The van der Waals surface area contributed by atoms with Gasteiger partial charge in [0.15, 0.2) is 6.29 Å². The fourth-order valence-electron chi connectivity index (χ4n) is 3.36. The second-order valence-corrected chi connectivity index (χ2v) is 9.67. The van der Waals surface area contributed by atoms with Crippen molar-refractivity contribution in [3.05, 3.63) is 45.9 Å². The first-order valence-electron chi connectivity index (χ1n) is 10.0. The van der Waals surface area contributed by atoms with E-state index in [-0.39, 0.29) is 17.4 Å². The van der Waals surface area contributed by atoms with Crippen LogP contribution in [0, 0.1) is 12.3 Å². The van der Waals surface area contributed by atoms with Gasteiger partial charge < -0.3 is 25.7 Å². The van der Waals surface area contributed by atoms with E-state index in [1.54, 1.807) is 6.07 Å². The molecule has 3 heterocycles. The van der Waals surface area contributed by atoms with Crippen LogP contribution in [0.4, 0.5) is 17.1 Å². The minimum Gasteiger partial charge on any atom is -0.460 e. The topological polar surface area (TPSA) is 91.2 Å². The van der Waals surface area contributed by atoms with E-state index in [9.17, 15) is 4.79 Å². The zero-order valence-electron chi connectivity index (χ0n) is 18.0. The van der Waals surface area contributed by atoms with Crippen molar-refractivity contribution in [2.45, 2.75) is 47.0 Å². The molecule has 0 radical (unpaired) electrons. The fourth-order valence-corrected chi connectivity index (χ4v) is 3.83. The summed E-state index contributed by atoms with van der Waals surface area (Å²) in [6, 6.07) is 3.70. The van der Waals surface area contributed by atoms with Gasteiger partial charge in [-0.2, -0.15) is 0 Å². The van der Waals surface area contributed by atoms with Crippen LogP contribution in [-0.2, 0) is 0 Å². The van der Waals surface area contributed by atoms with Crippen LogP contribution < -0.4 is 21.3 Å². The van der Waals surface area contributed by atoms with Crippen LogP contribution >= 0.6 is 23.2 Å². The molecule has 2 atom stereocenters. The number of hydrogen-bond donors (Lipinski definition) is 4. The lowest BCUT2D eigenvalue weighted by Gasteiger charge is -2.28. The molecule has 0 spiro atoms. The number of hydrogen-bond acceptors (Lipinski definition) is 6. The number of anilines is 3. The van der Waals surface area contributed by atoms with Crippen molar-refractivity contribution in [1.29, 1.82) is 0 Å². The lowest BCUT2D eigenvalue weighted by Crippen LogP contribution is -2.41. The van der Waals surface area contributed by atoms with Crippen LogP contribution in [0.15, 0.2) is 28.9 Å². The van der Waals surface area contributed by atoms with E-state index in [0.717, 1.165) is 22.5 Å². The van der Waals surface area contributed by atoms with Crippen molar-refractivity contribution in [3.8, 4) is 0 Å². The third-order valence-corrected chi connectivity index (χ3v) is 6.12. The van der Waals surface area contributed by atoms with Crippen LogP contribution in [0.3, 0.4) is 0 Å². The predicted molar refractivity (Wildman–Crippen MR) is 126 cm³/mol. The molecule has 9 heteroatoms. The van der Waals surface area contributed by atoms with E-state index in [0.29, 0.717) is 26.9 Å². The van der Waals surface area contributed by atoms with Crippen molar-refractivity contribution in [3.63, 3.8) is 0 Å². The summed E-state index contributed by atoms with van der Waals surface area (Å²) in [5.74, 6) is 0.544. The quantitative estimate of drug-likeness (QED) is 0.390. The molecule has 0 fully saturated rings. The summed E-state index contributed by atoms with van der Waals surface area (Å²) in [6.07, 6.45) is 2.65. The van der Waals surface area contributed by atoms with E-state index in [1.807, 2.05) is 19.9 Å². The second-order valence-electron chi connectivity index (χ2n) is 8.85. The zero-order chi connectivity index (χ0) is 22.5. The zero-order valence-corrected chi connectivity index (χ0v) is 19.5. The highest BCUT2D eigenvalue weighted by atomic mass is 35.5. The first-order valence-corrected chi connectivity index (χ1v) is 10.8. The molecule has 3 aromatic rings. The Labute approximate surface area is 190 Å². The normalized spacial score (nSPS) is 16.4. The van der Waals surface area contributed by atoms with E-state index in [4.69, 9.17) is 27.6 Å². The highest BCUT2D eigenvalue weighted by molar-refractivity contribution is 6.38. The standard InChI is InChI=1S/C22H25Cl2N5O2/c1-10-6-12-17-16(27-21(28-17)29-18-14(23)8-25-9-15(18)24)7-13(19(12)31-10)20(30)26-11(2)22(3,4)5/h6-9,11,21,27-28H,1-5H3,(H,25,29)(H,26,30). The number of carbonyl (C=O) groups excluding carboxylic acids is 1. The molecule has 0 aliphatic carbocycles. The summed E-state index contributed by atoms with van der Waals surface area (Å²) < 4.78 is 5.90. The molecule has 164 valence electrons. The molecule has 4 rings (SSSR count). The van der Waals surface area contributed by atoms with Gasteiger partial charge in [0.25, 0.3) is 5.91 Å². The van der Waals surface area contributed by atoms with Gasteiger partial charge in [0.05, 0.1) is 32.7 Å². The molecule has 2 unspecified atom stereocenters. The molecule has 1 aliphatic rings. The van der Waals surface area contributed by atoms with E-state index in [1.165, 1.54) is 12.4 Å². The number of fused-ring (bicyclic) bond motifs is 3. The van der Waals surface area contributed by atoms with Crippen molar-refractivity contribution >= 4 is 57.1 Å². The van der Waals surface area contributed by atoms with E-state index >= 15 is 0 Å². The third-order valence-electron chi connectivity index (χ3n) is 5.55. The molecule has 2 aromatic heterocycles. The Balaban J connectivity index is 1.67. The number of furan rings is 1. The molecule has 1 aromatic carbocycles. The number of rotatable bonds is 4. The maximum atomic E-state index is 13.1. The number of nitrogens with one attached hydrogen (secondary N) is 4. The van der Waals surface area contributed by atoms with Gasteiger partial charge in [0.2, 0.25) is 0 Å². The lowest BCUT2D eigenvalue weighted by atomic mass is 9.88. The summed E-state index contributed by atoms with van der Waals surface area (Å²) in [5, 5.41) is 14.7. The van der Waals surface area contributed by atoms with Gasteiger partial charge in [-0.05, 0) is 31.4 Å². The van der Waals surface area contributed by atoms with Gasteiger partial charge in [-0.25, -0.2) is 0 Å². The number of amides is 1. The number of carbonyl (C=O) groups is 1. The highest BCUT2D eigenvalue weighted by Gasteiger charge is 2.29. The SMILES string of the molecule is Cc1cc2c3c(cc(C(=O)NC(C)C(C)(C)C)c2o1)NC(Nc1c(Cl)cncc1Cl)N3. The van der Waals surface area contributed by atoms with Gasteiger partial charge in [0, 0.05) is 23.8 Å². The maximum absolute atomic E-state index is 13.1. The van der Waals surface area contributed by atoms with Gasteiger partial charge >= 0.3 is 0 Å². The third kappa shape index (κ3) is 4.12. The summed E-state index contributed by atoms with van der Waals surface area (Å²) in [5.41, 5.74) is 3.14. The average molecular weight is 462 g/mol. The molecule has 31 heavy (non-hydrogen) atoms. The Morgan fingerprint density at radius 1 is 1.19 bits per heavy atom. The minimum atomic E-state index is -0.391. The van der Waals surface area contributed by atoms with Crippen LogP contribution in [0.1, 0.15) is 43.8 Å². The summed E-state index contributed by atoms with van der Waals surface area (Å²) in [6.45, 7) is 10.1. The Kier molecular flexibility index (Phi) is 5.43. The molecule has 7 nitrogen and oxygen atoms in total. The van der Waals surface area contributed by atoms with Crippen molar-refractivity contribution < 1.29 is 9.21 Å². The summed E-state index contributed by atoms with van der Waals surface area (Å²) >= 11 is 12.5. The van der Waals surface area contributed by atoms with Crippen LogP contribution in [-0.4, -0.2) is 23.2 Å². The van der Waals surface area contributed by atoms with Gasteiger partial charge in [0.1, 0.15) is 11.3 Å². The van der Waals surface area contributed by atoms with Crippen LogP contribution in [0.5, 0.6) is 0 Å². The number of halogens is 2. The molecule has 1 aliphatic heterocycles. The van der Waals surface area contributed by atoms with E-state index in [2.05, 4.69) is 47.0 Å². The number of benzene rings is 1.